The van der Waals surface area contributed by atoms with Crippen LogP contribution in [0.15, 0.2) is 53.5 Å². The molecular formula is C20H16F3N3O5. The zero-order chi connectivity index (χ0) is 22.9. The minimum absolute atomic E-state index is 0.284. The van der Waals surface area contributed by atoms with Crippen LogP contribution < -0.4 is 10.3 Å². The van der Waals surface area contributed by atoms with E-state index >= 15 is 0 Å². The summed E-state index contributed by atoms with van der Waals surface area (Å²) in [6.07, 6.45) is -3.80. The van der Waals surface area contributed by atoms with Crippen LogP contribution in [0.3, 0.4) is 0 Å². The third-order valence-corrected chi connectivity index (χ3v) is 4.55. The van der Waals surface area contributed by atoms with Gasteiger partial charge in [0.05, 0.1) is 17.7 Å². The van der Waals surface area contributed by atoms with Crippen molar-refractivity contribution in [3.63, 3.8) is 0 Å². The quantitative estimate of drug-likeness (QED) is 0.332. The summed E-state index contributed by atoms with van der Waals surface area (Å²) < 4.78 is 43.5. The second kappa shape index (κ2) is 8.09. The first-order valence-electron chi connectivity index (χ1n) is 8.89. The molecule has 0 atom stereocenters. The summed E-state index contributed by atoms with van der Waals surface area (Å²) in [6.45, 7) is 2.96. The Bertz CT molecular complexity index is 1210. The number of rotatable bonds is 6. The number of pyridine rings is 1. The smallest absolute Gasteiger partial charge is 0.406 e. The van der Waals surface area contributed by atoms with Crippen LogP contribution in [-0.2, 0) is 6.54 Å². The fourth-order valence-corrected chi connectivity index (χ4v) is 3.23. The SMILES string of the molecule is Cc1cc(C(=O)Cn2cc([N+](=O)[O-])ccc2=O)c(C)n1-c1ccc(OC(F)(F)F)cc1. The molecule has 0 radical (unpaired) electrons. The van der Waals surface area contributed by atoms with E-state index in [0.717, 1.165) is 35.0 Å². The minimum atomic E-state index is -4.80. The van der Waals surface area contributed by atoms with Crippen LogP contribution in [0.2, 0.25) is 0 Å². The predicted octanol–water partition coefficient (Wildman–Crippen LogP) is 3.95. The maximum Gasteiger partial charge on any atom is 0.573 e. The molecule has 0 aliphatic carbocycles. The summed E-state index contributed by atoms with van der Waals surface area (Å²) in [7, 11) is 0. The van der Waals surface area contributed by atoms with Crippen LogP contribution in [-0.4, -0.2) is 26.2 Å². The summed E-state index contributed by atoms with van der Waals surface area (Å²) >= 11 is 0. The lowest BCUT2D eigenvalue weighted by atomic mass is 10.1. The molecule has 3 aromatic rings. The van der Waals surface area contributed by atoms with Gasteiger partial charge in [-0.05, 0) is 44.2 Å². The lowest BCUT2D eigenvalue weighted by molar-refractivity contribution is -0.385. The van der Waals surface area contributed by atoms with Crippen molar-refractivity contribution < 1.29 is 27.6 Å². The minimum Gasteiger partial charge on any atom is -0.406 e. The van der Waals surface area contributed by atoms with Crippen LogP contribution in [0.4, 0.5) is 18.9 Å². The first-order chi connectivity index (χ1) is 14.5. The number of alkyl halides is 3. The van der Waals surface area contributed by atoms with Crippen LogP contribution in [0.1, 0.15) is 21.7 Å². The van der Waals surface area contributed by atoms with Crippen molar-refractivity contribution in [2.24, 2.45) is 0 Å². The van der Waals surface area contributed by atoms with Gasteiger partial charge in [-0.1, -0.05) is 0 Å². The number of aryl methyl sites for hydroxylation is 1. The highest BCUT2D eigenvalue weighted by Crippen LogP contribution is 2.26. The zero-order valence-corrected chi connectivity index (χ0v) is 16.3. The van der Waals surface area contributed by atoms with Crippen molar-refractivity contribution in [2.45, 2.75) is 26.8 Å². The molecule has 1 aromatic carbocycles. The molecule has 2 aromatic heterocycles. The summed E-state index contributed by atoms with van der Waals surface area (Å²) in [5, 5.41) is 10.9. The molecule has 0 aliphatic rings. The van der Waals surface area contributed by atoms with Gasteiger partial charge in [-0.3, -0.25) is 19.7 Å². The van der Waals surface area contributed by atoms with Crippen molar-refractivity contribution in [3.8, 4) is 11.4 Å². The monoisotopic (exact) mass is 435 g/mol. The molecule has 31 heavy (non-hydrogen) atoms. The first-order valence-corrected chi connectivity index (χ1v) is 8.89. The highest BCUT2D eigenvalue weighted by molar-refractivity contribution is 5.97. The number of nitrogens with zero attached hydrogens (tertiary/aromatic N) is 3. The summed E-state index contributed by atoms with van der Waals surface area (Å²) in [6, 6.07) is 8.80. The number of Topliss-reactive ketones (excluding diaryl/α,β-unsaturated/α-hetero) is 1. The molecule has 0 amide bonds. The number of nitro groups is 1. The Balaban J connectivity index is 1.89. The van der Waals surface area contributed by atoms with Crippen molar-refractivity contribution in [2.75, 3.05) is 0 Å². The number of ketones is 1. The largest absolute Gasteiger partial charge is 0.573 e. The Morgan fingerprint density at radius 2 is 1.77 bits per heavy atom. The summed E-state index contributed by atoms with van der Waals surface area (Å²) in [5.74, 6) is -0.820. The van der Waals surface area contributed by atoms with Gasteiger partial charge < -0.3 is 13.9 Å². The van der Waals surface area contributed by atoms with Crippen molar-refractivity contribution in [1.29, 1.82) is 0 Å². The van der Waals surface area contributed by atoms with E-state index in [1.54, 1.807) is 24.5 Å². The standard InChI is InChI=1S/C20H16F3N3O5/c1-12-9-17(18(27)11-24-10-15(26(29)30)5-8-19(24)28)13(2)25(12)14-3-6-16(7-4-14)31-20(21,22)23/h3-10H,11H2,1-2H3. The molecule has 0 N–H and O–H groups in total. The van der Waals surface area contributed by atoms with E-state index in [0.29, 0.717) is 17.1 Å². The number of halogens is 3. The lowest BCUT2D eigenvalue weighted by Gasteiger charge is -2.12. The third kappa shape index (κ3) is 4.82. The molecule has 0 saturated heterocycles. The Hall–Kier alpha value is -3.89. The van der Waals surface area contributed by atoms with E-state index in [4.69, 9.17) is 0 Å². The number of hydrogen-bond donors (Lipinski definition) is 0. The zero-order valence-electron chi connectivity index (χ0n) is 16.3. The molecule has 3 rings (SSSR count). The van der Waals surface area contributed by atoms with Crippen LogP contribution in [0.5, 0.6) is 5.75 Å². The molecular weight excluding hydrogens is 419 g/mol. The molecule has 162 valence electrons. The molecule has 0 unspecified atom stereocenters. The molecule has 0 bridgehead atoms. The Kier molecular flexibility index (Phi) is 5.69. The van der Waals surface area contributed by atoms with Crippen LogP contribution in [0, 0.1) is 24.0 Å². The van der Waals surface area contributed by atoms with E-state index in [-0.39, 0.29) is 17.0 Å². The van der Waals surface area contributed by atoms with E-state index in [1.807, 2.05) is 0 Å². The Morgan fingerprint density at radius 3 is 2.35 bits per heavy atom. The lowest BCUT2D eigenvalue weighted by Crippen LogP contribution is -2.23. The number of aromatic nitrogens is 2. The first kappa shape index (κ1) is 21.8. The van der Waals surface area contributed by atoms with Gasteiger partial charge in [0.25, 0.3) is 11.2 Å². The van der Waals surface area contributed by atoms with E-state index in [1.165, 1.54) is 12.1 Å². The van der Waals surface area contributed by atoms with Gasteiger partial charge in [0.1, 0.15) is 5.75 Å². The number of hydrogen-bond acceptors (Lipinski definition) is 5. The molecule has 0 fully saturated rings. The van der Waals surface area contributed by atoms with Gasteiger partial charge in [-0.15, -0.1) is 13.2 Å². The molecule has 0 saturated carbocycles. The third-order valence-electron chi connectivity index (χ3n) is 4.55. The molecule has 8 nitrogen and oxygen atoms in total. The summed E-state index contributed by atoms with van der Waals surface area (Å²) in [4.78, 5) is 35.0. The predicted molar refractivity (Wildman–Crippen MR) is 104 cm³/mol. The average Bonchev–Trinajstić information content (AvgIpc) is 2.97. The topological polar surface area (TPSA) is 96.4 Å². The summed E-state index contributed by atoms with van der Waals surface area (Å²) in [5.41, 5.74) is 1.05. The molecule has 0 aliphatic heterocycles. The second-order valence-corrected chi connectivity index (χ2v) is 6.70. The van der Waals surface area contributed by atoms with E-state index in [9.17, 15) is 32.9 Å². The molecule has 0 spiro atoms. The fourth-order valence-electron chi connectivity index (χ4n) is 3.23. The van der Waals surface area contributed by atoms with E-state index in [2.05, 4.69) is 4.74 Å². The van der Waals surface area contributed by atoms with Gasteiger partial charge in [0.2, 0.25) is 0 Å². The number of carbonyl (C=O) groups excluding carboxylic acids is 1. The Morgan fingerprint density at radius 1 is 1.13 bits per heavy atom. The maximum atomic E-state index is 12.8. The van der Waals surface area contributed by atoms with Gasteiger partial charge in [0, 0.05) is 34.8 Å². The molecule has 11 heteroatoms. The highest BCUT2D eigenvalue weighted by atomic mass is 19.4. The maximum absolute atomic E-state index is 12.8. The van der Waals surface area contributed by atoms with Crippen LogP contribution >= 0.6 is 0 Å². The fraction of sp³-hybridized carbons (Fsp3) is 0.200. The van der Waals surface area contributed by atoms with Gasteiger partial charge in [-0.2, -0.15) is 0 Å². The Labute approximate surface area is 173 Å². The van der Waals surface area contributed by atoms with Crippen molar-refractivity contribution >= 4 is 11.5 Å². The van der Waals surface area contributed by atoms with E-state index < -0.39 is 29.2 Å². The number of ether oxygens (including phenoxy) is 1. The normalized spacial score (nSPS) is 11.4. The van der Waals surface area contributed by atoms with Gasteiger partial charge >= 0.3 is 6.36 Å². The van der Waals surface area contributed by atoms with Crippen molar-refractivity contribution in [3.05, 3.63) is 86.1 Å². The van der Waals surface area contributed by atoms with Crippen molar-refractivity contribution in [1.82, 2.24) is 9.13 Å². The number of benzene rings is 1. The van der Waals surface area contributed by atoms with Gasteiger partial charge in [-0.25, -0.2) is 0 Å². The molecule has 2 heterocycles. The van der Waals surface area contributed by atoms with Gasteiger partial charge in [0.15, 0.2) is 5.78 Å². The highest BCUT2D eigenvalue weighted by Gasteiger charge is 2.31. The second-order valence-electron chi connectivity index (χ2n) is 6.70. The average molecular weight is 435 g/mol. The number of carbonyl (C=O) groups is 1. The van der Waals surface area contributed by atoms with Crippen LogP contribution in [0.25, 0.3) is 5.69 Å².